The molecule has 0 aromatic carbocycles. The highest BCUT2D eigenvalue weighted by Crippen LogP contribution is 2.16. The van der Waals surface area contributed by atoms with Crippen molar-refractivity contribution in [3.8, 4) is 0 Å². The van der Waals surface area contributed by atoms with Gasteiger partial charge in [0.25, 0.3) is 0 Å². The lowest BCUT2D eigenvalue weighted by atomic mass is 10.1. The molecule has 0 amide bonds. The molecule has 1 atom stereocenters. The first-order valence-electron chi connectivity index (χ1n) is 29.2. The molecular formula is C61H112O5. The van der Waals surface area contributed by atoms with E-state index in [-0.39, 0.29) is 25.2 Å². The smallest absolute Gasteiger partial charge is 0.306 e. The Morgan fingerprint density at radius 2 is 0.652 bits per heavy atom. The Labute approximate surface area is 412 Å². The highest BCUT2D eigenvalue weighted by Gasteiger charge is 2.17. The Morgan fingerprint density at radius 3 is 1.09 bits per heavy atom. The Bertz CT molecular complexity index is 1090. The predicted molar refractivity (Wildman–Crippen MR) is 288 cm³/mol. The number of hydrogen-bond donors (Lipinski definition) is 0. The molecular weight excluding hydrogens is 813 g/mol. The van der Waals surface area contributed by atoms with Crippen molar-refractivity contribution >= 4 is 11.9 Å². The van der Waals surface area contributed by atoms with Crippen molar-refractivity contribution in [2.45, 2.75) is 309 Å². The molecule has 0 spiro atoms. The highest BCUT2D eigenvalue weighted by atomic mass is 16.6. The summed E-state index contributed by atoms with van der Waals surface area (Å²) in [5, 5.41) is 0. The minimum absolute atomic E-state index is 0.0823. The molecule has 0 bridgehead atoms. The largest absolute Gasteiger partial charge is 0.462 e. The zero-order chi connectivity index (χ0) is 47.7. The van der Waals surface area contributed by atoms with Crippen LogP contribution in [-0.2, 0) is 23.8 Å². The van der Waals surface area contributed by atoms with Gasteiger partial charge in [0.05, 0.1) is 6.61 Å². The minimum Gasteiger partial charge on any atom is -0.462 e. The second-order valence-corrected chi connectivity index (χ2v) is 19.5. The molecule has 0 saturated carbocycles. The van der Waals surface area contributed by atoms with Crippen LogP contribution in [-0.4, -0.2) is 37.9 Å². The lowest BCUT2D eigenvalue weighted by molar-refractivity contribution is -0.163. The van der Waals surface area contributed by atoms with Gasteiger partial charge in [-0.2, -0.15) is 0 Å². The molecule has 5 heteroatoms. The van der Waals surface area contributed by atoms with Gasteiger partial charge in [-0.1, -0.05) is 243 Å². The molecule has 0 fully saturated rings. The molecule has 0 radical (unpaired) electrons. The molecule has 0 heterocycles. The minimum atomic E-state index is -0.541. The molecule has 0 aliphatic carbocycles. The second kappa shape index (κ2) is 57.2. The highest BCUT2D eigenvalue weighted by molar-refractivity contribution is 5.70. The van der Waals surface area contributed by atoms with Gasteiger partial charge in [-0.25, -0.2) is 0 Å². The van der Waals surface area contributed by atoms with Crippen LogP contribution in [0.15, 0.2) is 48.6 Å². The molecule has 0 aromatic rings. The van der Waals surface area contributed by atoms with Crippen LogP contribution in [0.2, 0.25) is 0 Å². The Morgan fingerprint density at radius 1 is 0.333 bits per heavy atom. The van der Waals surface area contributed by atoms with Crippen LogP contribution in [0.1, 0.15) is 303 Å². The van der Waals surface area contributed by atoms with E-state index in [0.717, 1.165) is 44.9 Å². The van der Waals surface area contributed by atoms with E-state index >= 15 is 0 Å². The number of hydrogen-bond acceptors (Lipinski definition) is 5. The van der Waals surface area contributed by atoms with E-state index in [4.69, 9.17) is 14.2 Å². The SMILES string of the molecule is CCCC/C=C\CCCCCCCCOCC(COC(=O)CCCCCCCCCCC/C=C\C/C=C\CCCCC)OC(=O)CCCCCCCCCCC/C=C\CCCCCCCC. The Hall–Kier alpha value is -2.14. The molecule has 1 unspecified atom stereocenters. The summed E-state index contributed by atoms with van der Waals surface area (Å²) < 4.78 is 17.5. The topological polar surface area (TPSA) is 61.8 Å². The molecule has 0 N–H and O–H groups in total. The summed E-state index contributed by atoms with van der Waals surface area (Å²) in [6.07, 6.45) is 71.3. The normalized spacial score (nSPS) is 12.5. The molecule has 0 aliphatic heterocycles. The van der Waals surface area contributed by atoms with Gasteiger partial charge >= 0.3 is 11.9 Å². The molecule has 386 valence electrons. The zero-order valence-corrected chi connectivity index (χ0v) is 44.5. The van der Waals surface area contributed by atoms with Crippen LogP contribution in [0, 0.1) is 0 Å². The Balaban J connectivity index is 4.21. The van der Waals surface area contributed by atoms with Gasteiger partial charge in [-0.05, 0) is 96.3 Å². The summed E-state index contributed by atoms with van der Waals surface area (Å²) in [5.41, 5.74) is 0. The zero-order valence-electron chi connectivity index (χ0n) is 44.5. The third-order valence-electron chi connectivity index (χ3n) is 12.8. The number of rotatable bonds is 54. The van der Waals surface area contributed by atoms with Crippen molar-refractivity contribution in [3.05, 3.63) is 48.6 Å². The van der Waals surface area contributed by atoms with Crippen molar-refractivity contribution in [1.29, 1.82) is 0 Å². The average Bonchev–Trinajstić information content (AvgIpc) is 3.32. The Kier molecular flexibility index (Phi) is 55.3. The van der Waals surface area contributed by atoms with Gasteiger partial charge < -0.3 is 14.2 Å². The van der Waals surface area contributed by atoms with E-state index in [0.29, 0.717) is 19.4 Å². The van der Waals surface area contributed by atoms with Crippen LogP contribution in [0.5, 0.6) is 0 Å². The van der Waals surface area contributed by atoms with Crippen molar-refractivity contribution in [3.63, 3.8) is 0 Å². The number of carbonyl (C=O) groups is 2. The van der Waals surface area contributed by atoms with Gasteiger partial charge in [0.2, 0.25) is 0 Å². The van der Waals surface area contributed by atoms with Crippen molar-refractivity contribution in [2.24, 2.45) is 0 Å². The van der Waals surface area contributed by atoms with Crippen molar-refractivity contribution in [2.75, 3.05) is 19.8 Å². The summed E-state index contributed by atoms with van der Waals surface area (Å²) in [6.45, 7) is 7.79. The summed E-state index contributed by atoms with van der Waals surface area (Å²) >= 11 is 0. The second-order valence-electron chi connectivity index (χ2n) is 19.5. The van der Waals surface area contributed by atoms with Crippen LogP contribution >= 0.6 is 0 Å². The monoisotopic (exact) mass is 925 g/mol. The van der Waals surface area contributed by atoms with Gasteiger partial charge in [0.1, 0.15) is 6.61 Å². The first-order chi connectivity index (χ1) is 32.6. The van der Waals surface area contributed by atoms with E-state index in [1.807, 2.05) is 0 Å². The van der Waals surface area contributed by atoms with Gasteiger partial charge in [0, 0.05) is 19.4 Å². The number of ether oxygens (including phenoxy) is 3. The summed E-state index contributed by atoms with van der Waals surface area (Å²) in [6, 6.07) is 0. The van der Waals surface area contributed by atoms with E-state index in [1.165, 1.54) is 225 Å². The third-order valence-corrected chi connectivity index (χ3v) is 12.8. The number of unbranched alkanes of at least 4 members (excludes halogenated alkanes) is 35. The van der Waals surface area contributed by atoms with Crippen LogP contribution in [0.3, 0.4) is 0 Å². The fraction of sp³-hybridized carbons (Fsp3) is 0.836. The molecule has 66 heavy (non-hydrogen) atoms. The number of allylic oxidation sites excluding steroid dienone is 8. The van der Waals surface area contributed by atoms with E-state index in [9.17, 15) is 9.59 Å². The first kappa shape index (κ1) is 63.9. The fourth-order valence-corrected chi connectivity index (χ4v) is 8.40. The lowest BCUT2D eigenvalue weighted by Crippen LogP contribution is -2.30. The fourth-order valence-electron chi connectivity index (χ4n) is 8.40. The van der Waals surface area contributed by atoms with Crippen LogP contribution in [0.4, 0.5) is 0 Å². The lowest BCUT2D eigenvalue weighted by Gasteiger charge is -2.18. The standard InChI is InChI=1S/C61H112O5/c1-4-7-10-13-16-19-22-25-27-29-31-33-35-37-39-42-45-48-51-54-60(62)65-58-59(57-64-56-53-50-47-44-41-24-21-18-15-12-9-6-3)66-61(63)55-52-49-46-43-40-38-36-34-32-30-28-26-23-20-17-14-11-8-5-2/h15-16,18-19,25-28,59H,4-14,17,20-24,29-58H2,1-3H3/b18-15-,19-16-,27-25-,28-26-. The average molecular weight is 926 g/mol. The van der Waals surface area contributed by atoms with Gasteiger partial charge in [-0.3, -0.25) is 9.59 Å². The number of esters is 2. The molecule has 0 aliphatic rings. The van der Waals surface area contributed by atoms with Crippen molar-refractivity contribution in [1.82, 2.24) is 0 Å². The molecule has 0 saturated heterocycles. The van der Waals surface area contributed by atoms with Gasteiger partial charge in [-0.15, -0.1) is 0 Å². The third kappa shape index (κ3) is 54.5. The molecule has 0 aromatic heterocycles. The van der Waals surface area contributed by atoms with E-state index in [2.05, 4.69) is 69.4 Å². The van der Waals surface area contributed by atoms with Gasteiger partial charge in [0.15, 0.2) is 6.10 Å². The predicted octanol–water partition coefficient (Wildman–Crippen LogP) is 19.9. The van der Waals surface area contributed by atoms with Crippen LogP contribution < -0.4 is 0 Å². The number of carbonyl (C=O) groups excluding carboxylic acids is 2. The quantitative estimate of drug-likeness (QED) is 0.0345. The van der Waals surface area contributed by atoms with E-state index < -0.39 is 6.10 Å². The van der Waals surface area contributed by atoms with Crippen LogP contribution in [0.25, 0.3) is 0 Å². The maximum absolute atomic E-state index is 12.9. The molecule has 5 nitrogen and oxygen atoms in total. The maximum atomic E-state index is 12.9. The summed E-state index contributed by atoms with van der Waals surface area (Å²) in [7, 11) is 0. The summed E-state index contributed by atoms with van der Waals surface area (Å²) in [4.78, 5) is 25.5. The maximum Gasteiger partial charge on any atom is 0.306 e. The first-order valence-corrected chi connectivity index (χ1v) is 29.2. The van der Waals surface area contributed by atoms with E-state index in [1.54, 1.807) is 0 Å². The molecule has 0 rings (SSSR count). The summed E-state index contributed by atoms with van der Waals surface area (Å²) in [5.74, 6) is -0.394. The van der Waals surface area contributed by atoms with Crippen molar-refractivity contribution < 1.29 is 23.8 Å².